The van der Waals surface area contributed by atoms with E-state index < -0.39 is 0 Å². The number of nitrogens with zero attached hydrogens (tertiary/aromatic N) is 3. The SMILES string of the molecule is CC(C)n1nccc1-c1ncccc1CBr. The maximum absolute atomic E-state index is 4.44. The summed E-state index contributed by atoms with van der Waals surface area (Å²) in [6, 6.07) is 6.38. The molecular weight excluding hydrogens is 266 g/mol. The van der Waals surface area contributed by atoms with E-state index in [0.29, 0.717) is 6.04 Å². The fraction of sp³-hybridized carbons (Fsp3) is 0.333. The lowest BCUT2D eigenvalue weighted by Crippen LogP contribution is -2.06. The predicted octanol–water partition coefficient (Wildman–Crippen LogP) is 3.42. The first-order chi connectivity index (χ1) is 7.74. The van der Waals surface area contributed by atoms with Gasteiger partial charge in [-0.05, 0) is 31.5 Å². The summed E-state index contributed by atoms with van der Waals surface area (Å²) in [4.78, 5) is 4.44. The first kappa shape index (κ1) is 11.3. The van der Waals surface area contributed by atoms with Gasteiger partial charge in [0.1, 0.15) is 0 Å². The van der Waals surface area contributed by atoms with Gasteiger partial charge in [0.25, 0.3) is 0 Å². The van der Waals surface area contributed by atoms with Gasteiger partial charge in [-0.1, -0.05) is 22.0 Å². The fourth-order valence-electron chi connectivity index (χ4n) is 1.69. The summed E-state index contributed by atoms with van der Waals surface area (Å²) in [6.45, 7) is 4.24. The first-order valence-electron chi connectivity index (χ1n) is 5.27. The van der Waals surface area contributed by atoms with E-state index in [4.69, 9.17) is 0 Å². The van der Waals surface area contributed by atoms with E-state index in [-0.39, 0.29) is 0 Å². The Balaban J connectivity index is 2.54. The zero-order chi connectivity index (χ0) is 11.5. The summed E-state index contributed by atoms with van der Waals surface area (Å²) in [7, 11) is 0. The average molecular weight is 280 g/mol. The molecule has 0 saturated heterocycles. The van der Waals surface area contributed by atoms with Crippen molar-refractivity contribution in [2.75, 3.05) is 0 Å². The van der Waals surface area contributed by atoms with Crippen molar-refractivity contribution in [1.29, 1.82) is 0 Å². The van der Waals surface area contributed by atoms with E-state index in [1.807, 2.05) is 29.2 Å². The van der Waals surface area contributed by atoms with Crippen molar-refractivity contribution in [3.8, 4) is 11.4 Å². The molecule has 2 heterocycles. The molecule has 0 saturated carbocycles. The van der Waals surface area contributed by atoms with Crippen LogP contribution in [0.15, 0.2) is 30.6 Å². The standard InChI is InChI=1S/C12H14BrN3/c1-9(2)16-11(5-7-15-16)12-10(8-13)4-3-6-14-12/h3-7,9H,8H2,1-2H3. The lowest BCUT2D eigenvalue weighted by molar-refractivity contribution is 0.537. The van der Waals surface area contributed by atoms with Crippen LogP contribution < -0.4 is 0 Å². The topological polar surface area (TPSA) is 30.7 Å². The Morgan fingerprint density at radius 1 is 1.31 bits per heavy atom. The molecule has 0 unspecified atom stereocenters. The van der Waals surface area contributed by atoms with E-state index in [2.05, 4.69) is 45.9 Å². The van der Waals surface area contributed by atoms with Gasteiger partial charge in [-0.2, -0.15) is 5.10 Å². The minimum Gasteiger partial charge on any atom is -0.261 e. The van der Waals surface area contributed by atoms with E-state index in [1.54, 1.807) is 0 Å². The minimum absolute atomic E-state index is 0.343. The van der Waals surface area contributed by atoms with E-state index >= 15 is 0 Å². The Morgan fingerprint density at radius 2 is 2.12 bits per heavy atom. The van der Waals surface area contributed by atoms with Crippen LogP contribution in [0.4, 0.5) is 0 Å². The zero-order valence-electron chi connectivity index (χ0n) is 9.39. The molecule has 0 aromatic carbocycles. The molecule has 0 aliphatic rings. The van der Waals surface area contributed by atoms with Gasteiger partial charge < -0.3 is 0 Å². The number of hydrogen-bond acceptors (Lipinski definition) is 2. The molecule has 0 aliphatic heterocycles. The third kappa shape index (κ3) is 2.02. The Morgan fingerprint density at radius 3 is 2.81 bits per heavy atom. The maximum Gasteiger partial charge on any atom is 0.0923 e. The predicted molar refractivity (Wildman–Crippen MR) is 68.5 cm³/mol. The van der Waals surface area contributed by atoms with Crippen molar-refractivity contribution in [2.45, 2.75) is 25.2 Å². The first-order valence-corrected chi connectivity index (χ1v) is 6.40. The molecule has 0 fully saturated rings. The van der Waals surface area contributed by atoms with Crippen molar-refractivity contribution in [2.24, 2.45) is 0 Å². The average Bonchev–Trinajstić information content (AvgIpc) is 2.77. The molecule has 2 rings (SSSR count). The highest BCUT2D eigenvalue weighted by molar-refractivity contribution is 9.08. The summed E-state index contributed by atoms with van der Waals surface area (Å²) in [5, 5.41) is 5.13. The minimum atomic E-state index is 0.343. The van der Waals surface area contributed by atoms with Crippen molar-refractivity contribution in [3.05, 3.63) is 36.2 Å². The van der Waals surface area contributed by atoms with Crippen molar-refractivity contribution in [3.63, 3.8) is 0 Å². The van der Waals surface area contributed by atoms with E-state index in [1.165, 1.54) is 5.56 Å². The van der Waals surface area contributed by atoms with Crippen LogP contribution >= 0.6 is 15.9 Å². The van der Waals surface area contributed by atoms with Gasteiger partial charge in [0.2, 0.25) is 0 Å². The van der Waals surface area contributed by atoms with Gasteiger partial charge in [-0.15, -0.1) is 0 Å². The summed E-state index contributed by atoms with van der Waals surface area (Å²) < 4.78 is 1.99. The normalized spacial score (nSPS) is 11.0. The lowest BCUT2D eigenvalue weighted by atomic mass is 10.1. The second-order valence-corrected chi connectivity index (χ2v) is 4.46. The fourth-order valence-corrected chi connectivity index (χ4v) is 2.14. The van der Waals surface area contributed by atoms with Crippen LogP contribution in [0.5, 0.6) is 0 Å². The molecule has 0 aliphatic carbocycles. The molecule has 84 valence electrons. The highest BCUT2D eigenvalue weighted by Gasteiger charge is 2.12. The highest BCUT2D eigenvalue weighted by Crippen LogP contribution is 2.24. The maximum atomic E-state index is 4.44. The van der Waals surface area contributed by atoms with E-state index in [9.17, 15) is 0 Å². The highest BCUT2D eigenvalue weighted by atomic mass is 79.9. The molecular formula is C12H14BrN3. The van der Waals surface area contributed by atoms with Gasteiger partial charge >= 0.3 is 0 Å². The van der Waals surface area contributed by atoms with Crippen molar-refractivity contribution in [1.82, 2.24) is 14.8 Å². The molecule has 3 nitrogen and oxygen atoms in total. The van der Waals surface area contributed by atoms with Crippen LogP contribution in [0.1, 0.15) is 25.5 Å². The summed E-state index contributed by atoms with van der Waals surface area (Å²) in [5.41, 5.74) is 3.26. The van der Waals surface area contributed by atoms with Gasteiger partial charge in [0.05, 0.1) is 11.4 Å². The Bertz CT molecular complexity index is 477. The molecule has 0 radical (unpaired) electrons. The molecule has 0 amide bonds. The van der Waals surface area contributed by atoms with Crippen molar-refractivity contribution < 1.29 is 0 Å². The Kier molecular flexibility index (Phi) is 3.39. The van der Waals surface area contributed by atoms with Crippen LogP contribution in [-0.2, 0) is 5.33 Å². The molecule has 0 N–H and O–H groups in total. The number of aromatic nitrogens is 3. The Hall–Kier alpha value is -1.16. The largest absolute Gasteiger partial charge is 0.261 e. The number of pyridine rings is 1. The number of rotatable bonds is 3. The van der Waals surface area contributed by atoms with Crippen molar-refractivity contribution >= 4 is 15.9 Å². The van der Waals surface area contributed by atoms with Gasteiger partial charge in [-0.3, -0.25) is 9.67 Å². The second kappa shape index (κ2) is 4.78. The Labute approximate surface area is 104 Å². The molecule has 4 heteroatoms. The third-order valence-electron chi connectivity index (χ3n) is 2.44. The smallest absolute Gasteiger partial charge is 0.0923 e. The lowest BCUT2D eigenvalue weighted by Gasteiger charge is -2.12. The number of hydrogen-bond donors (Lipinski definition) is 0. The van der Waals surface area contributed by atoms with Crippen LogP contribution in [0, 0.1) is 0 Å². The summed E-state index contributed by atoms with van der Waals surface area (Å²) >= 11 is 3.49. The molecule has 0 spiro atoms. The van der Waals surface area contributed by atoms with Crippen LogP contribution in [0.3, 0.4) is 0 Å². The third-order valence-corrected chi connectivity index (χ3v) is 3.04. The monoisotopic (exact) mass is 279 g/mol. The van der Waals surface area contributed by atoms with Crippen LogP contribution in [-0.4, -0.2) is 14.8 Å². The summed E-state index contributed by atoms with van der Waals surface area (Å²) in [6.07, 6.45) is 3.64. The second-order valence-electron chi connectivity index (χ2n) is 3.90. The molecule has 2 aromatic rings. The molecule has 2 aromatic heterocycles. The van der Waals surface area contributed by atoms with Gasteiger partial charge in [0, 0.05) is 23.8 Å². The molecule has 0 atom stereocenters. The quantitative estimate of drug-likeness (QED) is 0.806. The number of halogens is 1. The van der Waals surface area contributed by atoms with Gasteiger partial charge in [0.15, 0.2) is 0 Å². The number of alkyl halides is 1. The van der Waals surface area contributed by atoms with Crippen LogP contribution in [0.25, 0.3) is 11.4 Å². The van der Waals surface area contributed by atoms with Gasteiger partial charge in [-0.25, -0.2) is 0 Å². The van der Waals surface area contributed by atoms with Crippen LogP contribution in [0.2, 0.25) is 0 Å². The zero-order valence-corrected chi connectivity index (χ0v) is 11.0. The molecule has 0 bridgehead atoms. The van der Waals surface area contributed by atoms with E-state index in [0.717, 1.165) is 16.7 Å². The summed E-state index contributed by atoms with van der Waals surface area (Å²) in [5.74, 6) is 0. The molecule has 16 heavy (non-hydrogen) atoms.